The highest BCUT2D eigenvalue weighted by Crippen LogP contribution is 2.60. The van der Waals surface area contributed by atoms with Gasteiger partial charge in [-0.05, 0) is 119 Å². The molecule has 0 aliphatic heterocycles. The third-order valence-corrected chi connectivity index (χ3v) is 11.6. The van der Waals surface area contributed by atoms with E-state index in [2.05, 4.69) is 59.4 Å². The minimum Gasteiger partial charge on any atom is -0.465 e. The number of ether oxygens (including phenoxy) is 1. The Kier molecular flexibility index (Phi) is 18.3. The Balaban J connectivity index is 0.000000595. The summed E-state index contributed by atoms with van der Waals surface area (Å²) in [5.41, 5.74) is 3.91. The molecule has 0 heterocycles. The second-order valence-electron chi connectivity index (χ2n) is 15.7. The Morgan fingerprint density at radius 2 is 1.69 bits per heavy atom. The minimum absolute atomic E-state index is 0.189. The van der Waals surface area contributed by atoms with Gasteiger partial charge in [-0.1, -0.05) is 102 Å². The Bertz CT molecular complexity index is 1150. The van der Waals surface area contributed by atoms with Gasteiger partial charge in [0, 0.05) is 6.42 Å². The lowest BCUT2D eigenvalue weighted by Crippen LogP contribution is -2.36. The van der Waals surface area contributed by atoms with Crippen LogP contribution < -0.4 is 0 Å². The van der Waals surface area contributed by atoms with Crippen LogP contribution in [0.3, 0.4) is 0 Å². The fourth-order valence-corrected chi connectivity index (χ4v) is 8.00. The lowest BCUT2D eigenvalue weighted by Gasteiger charge is -2.44. The number of esters is 1. The van der Waals surface area contributed by atoms with Crippen molar-refractivity contribution < 1.29 is 30.0 Å². The zero-order chi connectivity index (χ0) is 36.8. The van der Waals surface area contributed by atoms with Crippen molar-refractivity contribution in [2.24, 2.45) is 28.6 Å². The average molecular weight is 685 g/mol. The molecule has 3 unspecified atom stereocenters. The van der Waals surface area contributed by atoms with Gasteiger partial charge in [-0.25, -0.2) is 0 Å². The maximum absolute atomic E-state index is 12.6. The average Bonchev–Trinajstić information content (AvgIpc) is 3.80. The molecule has 0 saturated heterocycles. The number of carbonyl (C=O) groups excluding carboxylic acids is 1. The second kappa shape index (κ2) is 20.8. The fourth-order valence-electron chi connectivity index (χ4n) is 8.00. The van der Waals surface area contributed by atoms with Crippen molar-refractivity contribution in [2.75, 3.05) is 6.61 Å². The number of aliphatic hydroxyl groups excluding tert-OH is 4. The first-order valence-electron chi connectivity index (χ1n) is 19.5. The second-order valence-corrected chi connectivity index (χ2v) is 15.7. The molecule has 0 aromatic rings. The van der Waals surface area contributed by atoms with Gasteiger partial charge in [0.1, 0.15) is 0 Å². The summed E-state index contributed by atoms with van der Waals surface area (Å²) >= 11 is 0. The molecule has 4 rings (SSSR count). The molecule has 4 aliphatic rings. The largest absolute Gasteiger partial charge is 0.465 e. The predicted octanol–water partition coefficient (Wildman–Crippen LogP) is 9.33. The molecule has 4 saturated carbocycles. The van der Waals surface area contributed by atoms with Crippen LogP contribution in [0.1, 0.15) is 145 Å². The molecule has 6 nitrogen and oxygen atoms in total. The van der Waals surface area contributed by atoms with Gasteiger partial charge < -0.3 is 25.2 Å². The summed E-state index contributed by atoms with van der Waals surface area (Å²) in [7, 11) is 0. The summed E-state index contributed by atoms with van der Waals surface area (Å²) in [5.74, 6) is 1.13. The molecule has 0 aromatic carbocycles. The number of carbonyl (C=O) groups is 1. The van der Waals surface area contributed by atoms with E-state index in [0.29, 0.717) is 50.0 Å². The molecular weight excluding hydrogens is 612 g/mol. The van der Waals surface area contributed by atoms with Gasteiger partial charge in [-0.2, -0.15) is 0 Å². The molecule has 6 heteroatoms. The lowest BCUT2D eigenvalue weighted by atomic mass is 9.61. The Morgan fingerprint density at radius 1 is 1.02 bits per heavy atom. The summed E-state index contributed by atoms with van der Waals surface area (Å²) in [6.07, 6.45) is 21.6. The molecule has 0 radical (unpaired) electrons. The fraction of sp³-hybridized carbons (Fsp3) is 0.744. The molecule has 8 atom stereocenters. The van der Waals surface area contributed by atoms with E-state index in [4.69, 9.17) is 9.84 Å². The number of hydrogen-bond donors (Lipinski definition) is 4. The Hall–Kier alpha value is -1.99. The Labute approximate surface area is 299 Å². The van der Waals surface area contributed by atoms with Crippen molar-refractivity contribution in [2.45, 2.75) is 170 Å². The monoisotopic (exact) mass is 685 g/mol. The van der Waals surface area contributed by atoms with Crippen LogP contribution in [0.2, 0.25) is 0 Å². The van der Waals surface area contributed by atoms with Gasteiger partial charge >= 0.3 is 5.97 Å². The molecule has 4 aliphatic carbocycles. The van der Waals surface area contributed by atoms with E-state index in [9.17, 15) is 20.1 Å². The van der Waals surface area contributed by atoms with Gasteiger partial charge in [0.05, 0.1) is 36.4 Å². The van der Waals surface area contributed by atoms with Crippen molar-refractivity contribution in [1.82, 2.24) is 0 Å². The van der Waals surface area contributed by atoms with Gasteiger partial charge in [-0.3, -0.25) is 4.79 Å². The van der Waals surface area contributed by atoms with E-state index in [0.717, 1.165) is 56.1 Å². The zero-order valence-corrected chi connectivity index (χ0v) is 32.3. The zero-order valence-electron chi connectivity index (χ0n) is 32.3. The van der Waals surface area contributed by atoms with Gasteiger partial charge in [0.2, 0.25) is 0 Å². The molecule has 0 amide bonds. The number of aliphatic hydroxyl groups is 4. The minimum atomic E-state index is -0.781. The van der Waals surface area contributed by atoms with Crippen molar-refractivity contribution in [3.8, 4) is 0 Å². The van der Waals surface area contributed by atoms with E-state index in [1.807, 2.05) is 26.0 Å². The molecule has 49 heavy (non-hydrogen) atoms. The topological polar surface area (TPSA) is 107 Å². The summed E-state index contributed by atoms with van der Waals surface area (Å²) in [6.45, 7) is 21.4. The van der Waals surface area contributed by atoms with Crippen LogP contribution in [0.15, 0.2) is 59.3 Å². The van der Waals surface area contributed by atoms with Crippen molar-refractivity contribution in [3.05, 3.63) is 59.3 Å². The number of rotatable bonds is 12. The molecule has 4 N–H and O–H groups in total. The maximum Gasteiger partial charge on any atom is 0.315 e. The smallest absolute Gasteiger partial charge is 0.315 e. The standard InChI is InChI=1S/C32H48O5.C7H14O.C4H10/c1-5-6-18-37-30(36)32(16-17-32)29(35)14-9-21(2)26-12-13-27-23(8-7-15-31(26,27)4)10-11-24-19-25(33)20-28(34)22(24)3;1-4-6(2)5-7(3)8;1-3-4-2/h9-11,14,21,25-29,33-35H,3,5-8,12-13,15-20H2,1-2,4H3;4,7-8H,5H2,1-3H3;3-4H2,1-2H3/b14-9+,23-10+,24-11-;6-4+;/t21-,25-,26-,27+,28?,29?,31?;7-;/m10./s1. The van der Waals surface area contributed by atoms with Crippen molar-refractivity contribution >= 4 is 5.97 Å². The highest BCUT2D eigenvalue weighted by molar-refractivity contribution is 5.81. The maximum atomic E-state index is 12.6. The quantitative estimate of drug-likeness (QED) is 0.0927. The number of fused-ring (bicyclic) bond motifs is 1. The van der Waals surface area contributed by atoms with E-state index < -0.39 is 23.7 Å². The van der Waals surface area contributed by atoms with E-state index in [1.165, 1.54) is 30.4 Å². The van der Waals surface area contributed by atoms with Crippen LogP contribution in [-0.2, 0) is 9.53 Å². The molecule has 4 fully saturated rings. The van der Waals surface area contributed by atoms with Gasteiger partial charge in [0.25, 0.3) is 0 Å². The third kappa shape index (κ3) is 12.3. The summed E-state index contributed by atoms with van der Waals surface area (Å²) in [5, 5.41) is 40.0. The van der Waals surface area contributed by atoms with Gasteiger partial charge in [0.15, 0.2) is 0 Å². The van der Waals surface area contributed by atoms with Crippen LogP contribution in [0.4, 0.5) is 0 Å². The van der Waals surface area contributed by atoms with Crippen molar-refractivity contribution in [3.63, 3.8) is 0 Å². The van der Waals surface area contributed by atoms with E-state index >= 15 is 0 Å². The summed E-state index contributed by atoms with van der Waals surface area (Å²) in [6, 6.07) is 0. The lowest BCUT2D eigenvalue weighted by molar-refractivity contribution is -0.153. The van der Waals surface area contributed by atoms with Crippen molar-refractivity contribution in [1.29, 1.82) is 0 Å². The van der Waals surface area contributed by atoms with E-state index in [-0.39, 0.29) is 17.5 Å². The molecule has 0 bridgehead atoms. The molecule has 0 aromatic heterocycles. The Morgan fingerprint density at radius 3 is 2.24 bits per heavy atom. The third-order valence-electron chi connectivity index (χ3n) is 11.6. The summed E-state index contributed by atoms with van der Waals surface area (Å²) in [4.78, 5) is 12.6. The normalized spacial score (nSPS) is 31.3. The molecule has 0 spiro atoms. The van der Waals surface area contributed by atoms with Crippen LogP contribution in [0.5, 0.6) is 0 Å². The predicted molar refractivity (Wildman–Crippen MR) is 203 cm³/mol. The van der Waals surface area contributed by atoms with E-state index in [1.54, 1.807) is 6.92 Å². The highest BCUT2D eigenvalue weighted by Gasteiger charge is 2.56. The van der Waals surface area contributed by atoms with Crippen LogP contribution in [-0.4, -0.2) is 57.4 Å². The first-order chi connectivity index (χ1) is 23.2. The number of hydrogen-bond acceptors (Lipinski definition) is 6. The first kappa shape index (κ1) is 43.2. The summed E-state index contributed by atoms with van der Waals surface area (Å²) < 4.78 is 5.44. The highest BCUT2D eigenvalue weighted by atomic mass is 16.5. The molecule has 280 valence electrons. The number of allylic oxidation sites excluding steroid dienone is 5. The van der Waals surface area contributed by atoms with Gasteiger partial charge in [-0.15, -0.1) is 0 Å². The van der Waals surface area contributed by atoms with Crippen LogP contribution in [0.25, 0.3) is 0 Å². The SMILES string of the molecule is C/C=C(\C)C[C@H](C)O.C=C1/C(=C\C=C2/CCCC3(C)[C@@H]([C@H](C)/C=C/C(O)C4(C(=O)OCCCC)CC4)CC[C@@H]23)C[C@@H](O)CC1O.CCCC. The number of unbranched alkanes of at least 4 members (excludes halogenated alkanes) is 2. The first-order valence-corrected chi connectivity index (χ1v) is 19.5. The van der Waals surface area contributed by atoms with Crippen LogP contribution >= 0.6 is 0 Å². The van der Waals surface area contributed by atoms with Crippen LogP contribution in [0, 0.1) is 28.6 Å². The molecular formula is C43H72O6.